The van der Waals surface area contributed by atoms with Gasteiger partial charge in [-0.1, -0.05) is 165 Å². The molecule has 3 atom stereocenters. The molecule has 0 aliphatic rings. The molecular weight excluding hydrogens is 504 g/mol. The third-order valence-corrected chi connectivity index (χ3v) is 9.03. The van der Waals surface area contributed by atoms with Gasteiger partial charge in [0.15, 0.2) is 0 Å². The molecule has 0 heteroatoms. The topological polar surface area (TPSA) is 0 Å². The maximum absolute atomic E-state index is 2.39. The Bertz CT molecular complexity index is 1730. The average Bonchev–Trinajstić information content (AvgIpc) is 3.04. The van der Waals surface area contributed by atoms with E-state index in [1.54, 1.807) is 0 Å². The highest BCUT2D eigenvalue weighted by Crippen LogP contribution is 2.38. The van der Waals surface area contributed by atoms with Crippen molar-refractivity contribution in [2.24, 2.45) is 0 Å². The van der Waals surface area contributed by atoms with Crippen molar-refractivity contribution in [2.75, 3.05) is 0 Å². The van der Waals surface area contributed by atoms with Crippen LogP contribution in [0.2, 0.25) is 0 Å². The first kappa shape index (κ1) is 27.7. The largest absolute Gasteiger partial charge is 0.0622 e. The molecule has 0 radical (unpaired) electrons. The number of aryl methyl sites for hydroxylation is 1. The van der Waals surface area contributed by atoms with Crippen LogP contribution in [-0.2, 0) is 12.8 Å². The molecule has 0 heterocycles. The SMILES string of the molecule is Cc1ccc(C(Cc2ccccc2)C(C)c2ccc(-c3ccc(C(C)Cc4ccccc4)c4ccccc34)cc2)cc1. The lowest BCUT2D eigenvalue weighted by molar-refractivity contribution is 0.572. The van der Waals surface area contributed by atoms with E-state index in [1.807, 2.05) is 0 Å². The number of rotatable bonds is 9. The van der Waals surface area contributed by atoms with Crippen LogP contribution in [0.15, 0.2) is 146 Å². The summed E-state index contributed by atoms with van der Waals surface area (Å²) in [5.74, 6) is 1.24. The van der Waals surface area contributed by atoms with Crippen molar-refractivity contribution in [2.45, 2.75) is 51.4 Å². The zero-order valence-electron chi connectivity index (χ0n) is 25.0. The fourth-order valence-electron chi connectivity index (χ4n) is 6.54. The zero-order chi connectivity index (χ0) is 28.9. The van der Waals surface area contributed by atoms with Crippen LogP contribution in [0.3, 0.4) is 0 Å². The van der Waals surface area contributed by atoms with E-state index < -0.39 is 0 Å². The molecule has 6 aromatic carbocycles. The van der Waals surface area contributed by atoms with E-state index in [0.29, 0.717) is 17.8 Å². The first-order valence-corrected chi connectivity index (χ1v) is 15.3. The minimum absolute atomic E-state index is 0.389. The van der Waals surface area contributed by atoms with Crippen molar-refractivity contribution in [3.8, 4) is 11.1 Å². The Balaban J connectivity index is 1.30. The summed E-state index contributed by atoms with van der Waals surface area (Å²) in [6.07, 6.45) is 2.07. The molecular formula is C42H40. The maximum atomic E-state index is 2.39. The molecule has 0 amide bonds. The van der Waals surface area contributed by atoms with Crippen LogP contribution in [0.4, 0.5) is 0 Å². The molecule has 42 heavy (non-hydrogen) atoms. The van der Waals surface area contributed by atoms with Crippen molar-refractivity contribution >= 4 is 10.8 Å². The Labute approximate surface area is 251 Å². The molecule has 0 spiro atoms. The standard InChI is InChI=1S/C42H40/c1-30-18-20-37(21-19-30)42(29-34-14-8-5-9-15-34)32(3)35-22-24-36(25-23-35)39-27-26-38(40-16-10-11-17-41(39)40)31(2)28-33-12-6-4-7-13-33/h4-27,31-32,42H,28-29H2,1-3H3. The van der Waals surface area contributed by atoms with Crippen LogP contribution in [0.25, 0.3) is 21.9 Å². The summed E-state index contributed by atoms with van der Waals surface area (Å²) in [7, 11) is 0. The highest BCUT2D eigenvalue weighted by Gasteiger charge is 2.22. The number of benzene rings is 6. The lowest BCUT2D eigenvalue weighted by Crippen LogP contribution is -2.12. The van der Waals surface area contributed by atoms with Crippen LogP contribution in [0, 0.1) is 6.92 Å². The fourth-order valence-corrected chi connectivity index (χ4v) is 6.54. The number of hydrogen-bond acceptors (Lipinski definition) is 0. The highest BCUT2D eigenvalue weighted by molar-refractivity contribution is 5.98. The number of hydrogen-bond donors (Lipinski definition) is 0. The summed E-state index contributed by atoms with van der Waals surface area (Å²) >= 11 is 0. The second-order valence-corrected chi connectivity index (χ2v) is 12.0. The van der Waals surface area contributed by atoms with E-state index in [9.17, 15) is 0 Å². The van der Waals surface area contributed by atoms with Crippen molar-refractivity contribution in [1.82, 2.24) is 0 Å². The van der Waals surface area contributed by atoms with Gasteiger partial charge in [0.2, 0.25) is 0 Å². The smallest absolute Gasteiger partial charge is 0.00553 e. The Hall–Kier alpha value is -4.42. The second-order valence-electron chi connectivity index (χ2n) is 12.0. The normalized spacial score (nSPS) is 13.5. The van der Waals surface area contributed by atoms with Crippen LogP contribution in [-0.4, -0.2) is 0 Å². The quantitative estimate of drug-likeness (QED) is 0.170. The maximum Gasteiger partial charge on any atom is -0.00553 e. The molecule has 0 saturated heterocycles. The third-order valence-electron chi connectivity index (χ3n) is 9.03. The molecule has 0 fully saturated rings. The average molecular weight is 545 g/mol. The summed E-state index contributed by atoms with van der Waals surface area (Å²) in [5, 5.41) is 2.69. The highest BCUT2D eigenvalue weighted by atomic mass is 14.3. The Morgan fingerprint density at radius 2 is 1.02 bits per heavy atom. The van der Waals surface area contributed by atoms with Gasteiger partial charge in [0.1, 0.15) is 0 Å². The summed E-state index contributed by atoms with van der Waals surface area (Å²) in [4.78, 5) is 0. The van der Waals surface area contributed by atoms with Gasteiger partial charge in [-0.15, -0.1) is 0 Å². The monoisotopic (exact) mass is 544 g/mol. The van der Waals surface area contributed by atoms with Crippen LogP contribution >= 0.6 is 0 Å². The summed E-state index contributed by atoms with van der Waals surface area (Å²) in [5.41, 5.74) is 10.9. The van der Waals surface area contributed by atoms with Gasteiger partial charge in [-0.3, -0.25) is 0 Å². The van der Waals surface area contributed by atoms with Gasteiger partial charge in [0.25, 0.3) is 0 Å². The molecule has 0 aromatic heterocycles. The van der Waals surface area contributed by atoms with E-state index in [-0.39, 0.29) is 0 Å². The van der Waals surface area contributed by atoms with Gasteiger partial charge < -0.3 is 0 Å². The Kier molecular flexibility index (Phi) is 8.33. The fraction of sp³-hybridized carbons (Fsp3) is 0.190. The van der Waals surface area contributed by atoms with Crippen LogP contribution in [0.1, 0.15) is 65.0 Å². The predicted molar refractivity (Wildman–Crippen MR) is 180 cm³/mol. The molecule has 0 saturated carbocycles. The minimum Gasteiger partial charge on any atom is -0.0622 e. The van der Waals surface area contributed by atoms with Crippen molar-refractivity contribution in [1.29, 1.82) is 0 Å². The van der Waals surface area contributed by atoms with E-state index >= 15 is 0 Å². The molecule has 0 aliphatic heterocycles. The zero-order valence-corrected chi connectivity index (χ0v) is 25.0. The Morgan fingerprint density at radius 3 is 1.67 bits per heavy atom. The van der Waals surface area contributed by atoms with Crippen molar-refractivity contribution < 1.29 is 0 Å². The minimum atomic E-state index is 0.389. The van der Waals surface area contributed by atoms with Crippen molar-refractivity contribution in [3.05, 3.63) is 179 Å². The molecule has 208 valence electrons. The van der Waals surface area contributed by atoms with Crippen molar-refractivity contribution in [3.63, 3.8) is 0 Å². The van der Waals surface area contributed by atoms with Crippen LogP contribution < -0.4 is 0 Å². The lowest BCUT2D eigenvalue weighted by atomic mass is 9.78. The van der Waals surface area contributed by atoms with Gasteiger partial charge in [-0.25, -0.2) is 0 Å². The molecule has 6 aromatic rings. The molecule has 0 aliphatic carbocycles. The molecule has 0 N–H and O–H groups in total. The number of fused-ring (bicyclic) bond motifs is 1. The van der Waals surface area contributed by atoms with Gasteiger partial charge in [-0.05, 0) is 87.2 Å². The molecule has 0 nitrogen and oxygen atoms in total. The summed E-state index contributed by atoms with van der Waals surface area (Å²) in [6, 6.07) is 53.9. The van der Waals surface area contributed by atoms with E-state index in [4.69, 9.17) is 0 Å². The van der Waals surface area contributed by atoms with Gasteiger partial charge in [0.05, 0.1) is 0 Å². The molecule has 0 bridgehead atoms. The summed E-state index contributed by atoms with van der Waals surface area (Å²) < 4.78 is 0. The Morgan fingerprint density at radius 1 is 0.476 bits per heavy atom. The summed E-state index contributed by atoms with van der Waals surface area (Å²) in [6.45, 7) is 6.91. The van der Waals surface area contributed by atoms with Gasteiger partial charge in [0, 0.05) is 0 Å². The van der Waals surface area contributed by atoms with E-state index in [2.05, 4.69) is 166 Å². The predicted octanol–water partition coefficient (Wildman–Crippen LogP) is 11.3. The van der Waals surface area contributed by atoms with E-state index in [1.165, 1.54) is 55.3 Å². The molecule has 3 unspecified atom stereocenters. The van der Waals surface area contributed by atoms with Gasteiger partial charge in [-0.2, -0.15) is 0 Å². The van der Waals surface area contributed by atoms with Crippen LogP contribution in [0.5, 0.6) is 0 Å². The second kappa shape index (κ2) is 12.6. The first-order chi connectivity index (χ1) is 20.6. The third kappa shape index (κ3) is 6.09. The lowest BCUT2D eigenvalue weighted by Gasteiger charge is -2.26. The molecule has 6 rings (SSSR count). The first-order valence-electron chi connectivity index (χ1n) is 15.3. The van der Waals surface area contributed by atoms with Gasteiger partial charge >= 0.3 is 0 Å². The van der Waals surface area contributed by atoms with E-state index in [0.717, 1.165) is 12.8 Å².